The third-order valence-electron chi connectivity index (χ3n) is 2.65. The second kappa shape index (κ2) is 6.59. The van der Waals surface area contributed by atoms with E-state index < -0.39 is 11.9 Å². The second-order valence-electron chi connectivity index (χ2n) is 5.57. The van der Waals surface area contributed by atoms with E-state index in [1.54, 1.807) is 6.92 Å². The molecule has 0 aromatic rings. The van der Waals surface area contributed by atoms with Gasteiger partial charge < -0.3 is 14.9 Å². The number of nitrogens with one attached hydrogen (secondary N) is 1. The fourth-order valence-electron chi connectivity index (χ4n) is 1.45. The Morgan fingerprint density at radius 1 is 1.29 bits per heavy atom. The van der Waals surface area contributed by atoms with Crippen LogP contribution in [0.1, 0.15) is 26.7 Å². The first kappa shape index (κ1) is 15.9. The maximum absolute atomic E-state index is 11.9. The fraction of sp³-hybridized carbons (Fsp3) is 0.833. The molecule has 2 atom stereocenters. The molecule has 0 rings (SSSR count). The SMILES string of the molecule is CCC(CC(C)C(=O)O)C(=O)NC[N+](C)(C)C. The Morgan fingerprint density at radius 3 is 2.18 bits per heavy atom. The van der Waals surface area contributed by atoms with Crippen LogP contribution in [0.25, 0.3) is 0 Å². The normalized spacial score (nSPS) is 15.1. The summed E-state index contributed by atoms with van der Waals surface area (Å²) in [5, 5.41) is 11.7. The molecule has 2 N–H and O–H groups in total. The highest BCUT2D eigenvalue weighted by atomic mass is 16.4. The van der Waals surface area contributed by atoms with E-state index in [0.29, 0.717) is 24.0 Å². The largest absolute Gasteiger partial charge is 0.481 e. The van der Waals surface area contributed by atoms with Gasteiger partial charge >= 0.3 is 5.97 Å². The number of rotatable bonds is 7. The molecule has 0 fully saturated rings. The molecule has 0 radical (unpaired) electrons. The van der Waals surface area contributed by atoms with Gasteiger partial charge in [0, 0.05) is 5.92 Å². The molecule has 0 aromatic carbocycles. The van der Waals surface area contributed by atoms with Crippen LogP contribution in [0, 0.1) is 11.8 Å². The van der Waals surface area contributed by atoms with Crippen LogP contribution in [-0.2, 0) is 9.59 Å². The number of quaternary nitrogens is 1. The van der Waals surface area contributed by atoms with Gasteiger partial charge in [-0.2, -0.15) is 0 Å². The average molecular weight is 245 g/mol. The number of carbonyl (C=O) groups excluding carboxylic acids is 1. The lowest BCUT2D eigenvalue weighted by Crippen LogP contribution is -2.46. The molecule has 0 saturated heterocycles. The maximum Gasteiger partial charge on any atom is 0.306 e. The minimum absolute atomic E-state index is 0.0475. The van der Waals surface area contributed by atoms with Crippen LogP contribution in [-0.4, -0.2) is 49.3 Å². The molecule has 5 nitrogen and oxygen atoms in total. The van der Waals surface area contributed by atoms with Gasteiger partial charge in [-0.3, -0.25) is 9.59 Å². The van der Waals surface area contributed by atoms with Crippen LogP contribution in [0.15, 0.2) is 0 Å². The van der Waals surface area contributed by atoms with Gasteiger partial charge in [0.05, 0.1) is 27.1 Å². The zero-order chi connectivity index (χ0) is 13.6. The van der Waals surface area contributed by atoms with Crippen molar-refractivity contribution in [3.8, 4) is 0 Å². The zero-order valence-corrected chi connectivity index (χ0v) is 11.5. The van der Waals surface area contributed by atoms with Gasteiger partial charge in [0.1, 0.15) is 0 Å². The smallest absolute Gasteiger partial charge is 0.306 e. The molecule has 0 spiro atoms. The third kappa shape index (κ3) is 6.94. The van der Waals surface area contributed by atoms with E-state index in [2.05, 4.69) is 5.32 Å². The average Bonchev–Trinajstić information content (AvgIpc) is 2.20. The Hall–Kier alpha value is -1.10. The van der Waals surface area contributed by atoms with Gasteiger partial charge in [-0.15, -0.1) is 0 Å². The second-order valence-corrected chi connectivity index (χ2v) is 5.57. The molecule has 100 valence electrons. The van der Waals surface area contributed by atoms with Gasteiger partial charge in [-0.05, 0) is 12.8 Å². The summed E-state index contributed by atoms with van der Waals surface area (Å²) in [5.74, 6) is -1.58. The van der Waals surface area contributed by atoms with E-state index in [1.807, 2.05) is 28.1 Å². The first-order valence-corrected chi connectivity index (χ1v) is 5.98. The van der Waals surface area contributed by atoms with E-state index >= 15 is 0 Å². The predicted octanol–water partition coefficient (Wildman–Crippen LogP) is 0.903. The zero-order valence-electron chi connectivity index (χ0n) is 11.5. The van der Waals surface area contributed by atoms with Crippen molar-refractivity contribution < 1.29 is 19.2 Å². The number of hydrogen-bond acceptors (Lipinski definition) is 2. The molecule has 0 saturated carbocycles. The Kier molecular flexibility index (Phi) is 6.16. The standard InChI is InChI=1S/C12H24N2O3/c1-6-10(7-9(2)12(16)17)11(15)13-8-14(3,4)5/h9-10H,6-8H2,1-5H3,(H-,13,15,16,17)/p+1. The molecule has 0 heterocycles. The Morgan fingerprint density at radius 2 is 1.82 bits per heavy atom. The number of amides is 1. The minimum Gasteiger partial charge on any atom is -0.481 e. The monoisotopic (exact) mass is 245 g/mol. The van der Waals surface area contributed by atoms with Crippen molar-refractivity contribution in [3.05, 3.63) is 0 Å². The van der Waals surface area contributed by atoms with Crippen LogP contribution < -0.4 is 5.32 Å². The Balaban J connectivity index is 4.27. The van der Waals surface area contributed by atoms with Gasteiger partial charge in [0.15, 0.2) is 6.67 Å². The quantitative estimate of drug-likeness (QED) is 0.517. The van der Waals surface area contributed by atoms with Crippen LogP contribution >= 0.6 is 0 Å². The number of nitrogens with zero attached hydrogens (tertiary/aromatic N) is 1. The molecular weight excluding hydrogens is 220 g/mol. The predicted molar refractivity (Wildman–Crippen MR) is 66.2 cm³/mol. The van der Waals surface area contributed by atoms with Crippen molar-refractivity contribution in [2.75, 3.05) is 27.8 Å². The van der Waals surface area contributed by atoms with Gasteiger partial charge in [-0.1, -0.05) is 13.8 Å². The van der Waals surface area contributed by atoms with E-state index in [0.717, 1.165) is 0 Å². The van der Waals surface area contributed by atoms with Crippen LogP contribution in [0.2, 0.25) is 0 Å². The van der Waals surface area contributed by atoms with Crippen molar-refractivity contribution in [1.29, 1.82) is 0 Å². The fourth-order valence-corrected chi connectivity index (χ4v) is 1.45. The summed E-state index contributed by atoms with van der Waals surface area (Å²) in [6, 6.07) is 0. The highest BCUT2D eigenvalue weighted by molar-refractivity contribution is 5.79. The van der Waals surface area contributed by atoms with Gasteiger partial charge in [-0.25, -0.2) is 0 Å². The van der Waals surface area contributed by atoms with E-state index in [1.165, 1.54) is 0 Å². The number of aliphatic carboxylic acids is 1. The van der Waals surface area contributed by atoms with Gasteiger partial charge in [0.25, 0.3) is 0 Å². The summed E-state index contributed by atoms with van der Waals surface area (Å²) < 4.78 is 0.649. The molecule has 2 unspecified atom stereocenters. The van der Waals surface area contributed by atoms with Crippen molar-refractivity contribution in [2.45, 2.75) is 26.7 Å². The van der Waals surface area contributed by atoms with Crippen molar-refractivity contribution in [3.63, 3.8) is 0 Å². The number of carboxylic acid groups (broad SMARTS) is 1. The summed E-state index contributed by atoms with van der Waals surface area (Å²) in [5.41, 5.74) is 0. The molecule has 1 amide bonds. The van der Waals surface area contributed by atoms with Crippen LogP contribution in [0.3, 0.4) is 0 Å². The Bertz CT molecular complexity index is 271. The van der Waals surface area contributed by atoms with E-state index in [-0.39, 0.29) is 11.8 Å². The first-order chi connectivity index (χ1) is 7.67. The van der Waals surface area contributed by atoms with E-state index in [9.17, 15) is 9.59 Å². The van der Waals surface area contributed by atoms with Gasteiger partial charge in [0.2, 0.25) is 5.91 Å². The molecule has 5 heteroatoms. The third-order valence-corrected chi connectivity index (χ3v) is 2.65. The lowest BCUT2D eigenvalue weighted by atomic mass is 9.93. The molecule has 0 aliphatic heterocycles. The Labute approximate surface area is 103 Å². The molecule has 0 bridgehead atoms. The van der Waals surface area contributed by atoms with Crippen molar-refractivity contribution in [2.24, 2.45) is 11.8 Å². The highest BCUT2D eigenvalue weighted by Crippen LogP contribution is 2.16. The summed E-state index contributed by atoms with van der Waals surface area (Å²) in [7, 11) is 5.96. The lowest BCUT2D eigenvalue weighted by molar-refractivity contribution is -0.872. The minimum atomic E-state index is -0.845. The topological polar surface area (TPSA) is 66.4 Å². The summed E-state index contributed by atoms with van der Waals surface area (Å²) in [4.78, 5) is 22.6. The van der Waals surface area contributed by atoms with Crippen molar-refractivity contribution in [1.82, 2.24) is 5.32 Å². The van der Waals surface area contributed by atoms with Crippen LogP contribution in [0.5, 0.6) is 0 Å². The maximum atomic E-state index is 11.9. The molecule has 0 aliphatic carbocycles. The summed E-state index contributed by atoms with van der Waals surface area (Å²) in [6.45, 7) is 4.10. The first-order valence-electron chi connectivity index (χ1n) is 5.98. The molecule has 17 heavy (non-hydrogen) atoms. The number of carbonyl (C=O) groups is 2. The summed E-state index contributed by atoms with van der Waals surface area (Å²) >= 11 is 0. The number of hydrogen-bond donors (Lipinski definition) is 2. The molecule has 0 aliphatic rings. The lowest BCUT2D eigenvalue weighted by Gasteiger charge is -2.25. The highest BCUT2D eigenvalue weighted by Gasteiger charge is 2.23. The summed E-state index contributed by atoms with van der Waals surface area (Å²) in [6.07, 6.45) is 1.06. The number of carboxylic acids is 1. The molecular formula is C12H25N2O3+. The van der Waals surface area contributed by atoms with Crippen LogP contribution in [0.4, 0.5) is 0 Å². The van der Waals surface area contributed by atoms with Crippen molar-refractivity contribution >= 4 is 11.9 Å². The molecule has 0 aromatic heterocycles. The van der Waals surface area contributed by atoms with E-state index in [4.69, 9.17) is 5.11 Å².